The lowest BCUT2D eigenvalue weighted by Crippen LogP contribution is -2.67. The first kappa shape index (κ1) is 15.5. The summed E-state index contributed by atoms with van der Waals surface area (Å²) >= 11 is 0. The maximum atomic E-state index is 13.4. The van der Waals surface area contributed by atoms with E-state index in [1.807, 2.05) is 6.07 Å². The van der Waals surface area contributed by atoms with Gasteiger partial charge >= 0.3 is 0 Å². The molecule has 1 aliphatic heterocycles. The molecule has 0 saturated carbocycles. The molecular weight excluding hydrogens is 251 g/mol. The quantitative estimate of drug-likeness (QED) is 0.906. The fourth-order valence-electron chi connectivity index (χ4n) is 3.24. The normalized spacial score (nSPS) is 21.9. The van der Waals surface area contributed by atoms with Gasteiger partial charge in [0.2, 0.25) is 0 Å². The summed E-state index contributed by atoms with van der Waals surface area (Å²) in [5, 5.41) is 3.66. The van der Waals surface area contributed by atoms with Crippen molar-refractivity contribution in [3.05, 3.63) is 35.6 Å². The Morgan fingerprint density at radius 1 is 1.25 bits per heavy atom. The first-order valence-corrected chi connectivity index (χ1v) is 7.65. The zero-order chi connectivity index (χ0) is 14.8. The molecule has 0 bridgehead atoms. The van der Waals surface area contributed by atoms with Gasteiger partial charge in [-0.05, 0) is 44.4 Å². The molecule has 1 N–H and O–H groups in total. The molecular formula is C17H27FN2. The van der Waals surface area contributed by atoms with Crippen LogP contribution in [0.15, 0.2) is 24.3 Å². The molecule has 20 heavy (non-hydrogen) atoms. The highest BCUT2D eigenvalue weighted by molar-refractivity contribution is 5.17. The van der Waals surface area contributed by atoms with Gasteiger partial charge in [-0.15, -0.1) is 0 Å². The second-order valence-electron chi connectivity index (χ2n) is 6.65. The summed E-state index contributed by atoms with van der Waals surface area (Å²) in [6.45, 7) is 11.8. The molecule has 3 heteroatoms. The second-order valence-corrected chi connectivity index (χ2v) is 6.65. The van der Waals surface area contributed by atoms with Gasteiger partial charge in [0.05, 0.1) is 0 Å². The minimum Gasteiger partial charge on any atom is -0.309 e. The average Bonchev–Trinajstić information content (AvgIpc) is 2.39. The molecule has 2 rings (SSSR count). The lowest BCUT2D eigenvalue weighted by Gasteiger charge is -2.52. The summed E-state index contributed by atoms with van der Waals surface area (Å²) in [6, 6.07) is 7.00. The van der Waals surface area contributed by atoms with Gasteiger partial charge in [-0.3, -0.25) is 4.90 Å². The van der Waals surface area contributed by atoms with E-state index < -0.39 is 0 Å². The molecule has 0 aromatic heterocycles. The van der Waals surface area contributed by atoms with Gasteiger partial charge < -0.3 is 5.32 Å². The van der Waals surface area contributed by atoms with Crippen LogP contribution in [0.4, 0.5) is 4.39 Å². The third-order valence-electron chi connectivity index (χ3n) is 4.73. The third-order valence-corrected chi connectivity index (χ3v) is 4.73. The summed E-state index contributed by atoms with van der Waals surface area (Å²) in [4.78, 5) is 2.54. The molecule has 1 aliphatic rings. The maximum Gasteiger partial charge on any atom is 0.123 e. The fourth-order valence-corrected chi connectivity index (χ4v) is 3.24. The highest BCUT2D eigenvalue weighted by atomic mass is 19.1. The van der Waals surface area contributed by atoms with Crippen LogP contribution in [-0.2, 0) is 6.54 Å². The SMILES string of the molecule is CCC1(CC)CNC(C)(C)CN1Cc1cccc(F)c1. The number of nitrogens with one attached hydrogen (secondary N) is 1. The number of nitrogens with zero attached hydrogens (tertiary/aromatic N) is 1. The molecule has 0 spiro atoms. The Balaban J connectivity index is 2.23. The number of piperazine rings is 1. The first-order valence-electron chi connectivity index (χ1n) is 7.65. The predicted octanol–water partition coefficient (Wildman–Crippen LogP) is 3.57. The number of hydrogen-bond donors (Lipinski definition) is 1. The molecule has 1 aromatic rings. The van der Waals surface area contributed by atoms with Crippen LogP contribution in [0.2, 0.25) is 0 Å². The average molecular weight is 278 g/mol. The summed E-state index contributed by atoms with van der Waals surface area (Å²) in [5.41, 5.74) is 1.36. The molecule has 1 heterocycles. The maximum absolute atomic E-state index is 13.4. The minimum absolute atomic E-state index is 0.112. The monoisotopic (exact) mass is 278 g/mol. The molecule has 0 unspecified atom stereocenters. The van der Waals surface area contributed by atoms with Crippen molar-refractivity contribution in [3.8, 4) is 0 Å². The van der Waals surface area contributed by atoms with Gasteiger partial charge in [-0.1, -0.05) is 26.0 Å². The predicted molar refractivity (Wildman–Crippen MR) is 82.2 cm³/mol. The van der Waals surface area contributed by atoms with Crippen molar-refractivity contribution < 1.29 is 4.39 Å². The van der Waals surface area contributed by atoms with Crippen LogP contribution in [0.25, 0.3) is 0 Å². The van der Waals surface area contributed by atoms with E-state index in [0.29, 0.717) is 0 Å². The summed E-state index contributed by atoms with van der Waals surface area (Å²) < 4.78 is 13.4. The molecule has 0 aliphatic carbocycles. The van der Waals surface area contributed by atoms with Crippen LogP contribution in [0, 0.1) is 5.82 Å². The molecule has 0 amide bonds. The lowest BCUT2D eigenvalue weighted by atomic mass is 9.84. The Labute approximate surface area is 122 Å². The molecule has 0 atom stereocenters. The summed E-state index contributed by atoms with van der Waals surface area (Å²) in [6.07, 6.45) is 2.23. The van der Waals surface area contributed by atoms with E-state index in [0.717, 1.165) is 38.0 Å². The zero-order valence-corrected chi connectivity index (χ0v) is 13.2. The molecule has 1 saturated heterocycles. The van der Waals surface area contributed by atoms with E-state index in [1.54, 1.807) is 12.1 Å². The third kappa shape index (κ3) is 3.21. The molecule has 112 valence electrons. The summed E-state index contributed by atoms with van der Waals surface area (Å²) in [5.74, 6) is -0.143. The highest BCUT2D eigenvalue weighted by Crippen LogP contribution is 2.31. The lowest BCUT2D eigenvalue weighted by molar-refractivity contribution is 0.00228. The number of hydrogen-bond acceptors (Lipinski definition) is 2. The van der Waals surface area contributed by atoms with E-state index in [9.17, 15) is 4.39 Å². The molecule has 0 radical (unpaired) electrons. The number of benzene rings is 1. The topological polar surface area (TPSA) is 15.3 Å². The second kappa shape index (κ2) is 5.82. The van der Waals surface area contributed by atoms with Crippen molar-refractivity contribution in [2.75, 3.05) is 13.1 Å². The van der Waals surface area contributed by atoms with Crippen LogP contribution in [0.3, 0.4) is 0 Å². The van der Waals surface area contributed by atoms with Crippen LogP contribution >= 0.6 is 0 Å². The van der Waals surface area contributed by atoms with Gasteiger partial charge in [0.1, 0.15) is 5.82 Å². The number of rotatable bonds is 4. The Morgan fingerprint density at radius 3 is 2.55 bits per heavy atom. The highest BCUT2D eigenvalue weighted by Gasteiger charge is 2.41. The van der Waals surface area contributed by atoms with Crippen molar-refractivity contribution in [1.29, 1.82) is 0 Å². The Hall–Kier alpha value is -0.930. The van der Waals surface area contributed by atoms with Crippen molar-refractivity contribution in [2.24, 2.45) is 0 Å². The van der Waals surface area contributed by atoms with Crippen molar-refractivity contribution in [2.45, 2.75) is 58.2 Å². The summed E-state index contributed by atoms with van der Waals surface area (Å²) in [7, 11) is 0. The Bertz CT molecular complexity index is 452. The Kier molecular flexibility index (Phi) is 4.50. The minimum atomic E-state index is -0.143. The fraction of sp³-hybridized carbons (Fsp3) is 0.647. The van der Waals surface area contributed by atoms with Crippen LogP contribution in [-0.4, -0.2) is 29.1 Å². The van der Waals surface area contributed by atoms with Crippen LogP contribution < -0.4 is 5.32 Å². The van der Waals surface area contributed by atoms with Gasteiger partial charge in [0, 0.05) is 30.7 Å². The van der Waals surface area contributed by atoms with Gasteiger partial charge in [0.25, 0.3) is 0 Å². The zero-order valence-electron chi connectivity index (χ0n) is 13.2. The standard InChI is InChI=1S/C17H27FN2/c1-5-17(6-2)12-19-16(3,4)13-20(17)11-14-8-7-9-15(18)10-14/h7-10,19H,5-6,11-13H2,1-4H3. The smallest absolute Gasteiger partial charge is 0.123 e. The van der Waals surface area contributed by atoms with E-state index in [-0.39, 0.29) is 16.9 Å². The Morgan fingerprint density at radius 2 is 1.95 bits per heavy atom. The van der Waals surface area contributed by atoms with Gasteiger partial charge in [-0.25, -0.2) is 4.39 Å². The van der Waals surface area contributed by atoms with Crippen LogP contribution in [0.5, 0.6) is 0 Å². The molecule has 1 aromatic carbocycles. The van der Waals surface area contributed by atoms with Crippen molar-refractivity contribution in [3.63, 3.8) is 0 Å². The molecule has 2 nitrogen and oxygen atoms in total. The van der Waals surface area contributed by atoms with Gasteiger partial charge in [-0.2, -0.15) is 0 Å². The first-order chi connectivity index (χ1) is 9.41. The van der Waals surface area contributed by atoms with Crippen molar-refractivity contribution in [1.82, 2.24) is 10.2 Å². The molecule has 1 fully saturated rings. The number of halogens is 1. The van der Waals surface area contributed by atoms with Crippen molar-refractivity contribution >= 4 is 0 Å². The largest absolute Gasteiger partial charge is 0.309 e. The van der Waals surface area contributed by atoms with Crippen LogP contribution in [0.1, 0.15) is 46.1 Å². The van der Waals surface area contributed by atoms with E-state index in [1.165, 1.54) is 6.07 Å². The van der Waals surface area contributed by atoms with E-state index in [4.69, 9.17) is 0 Å². The van der Waals surface area contributed by atoms with E-state index in [2.05, 4.69) is 37.9 Å². The van der Waals surface area contributed by atoms with Gasteiger partial charge in [0.15, 0.2) is 0 Å². The van der Waals surface area contributed by atoms with E-state index >= 15 is 0 Å².